The van der Waals surface area contributed by atoms with Crippen LogP contribution in [-0.4, -0.2) is 65.7 Å². The molecule has 0 N–H and O–H groups in total. The summed E-state index contributed by atoms with van der Waals surface area (Å²) >= 11 is 0. The molecule has 1 saturated carbocycles. The first-order chi connectivity index (χ1) is 12.7. The van der Waals surface area contributed by atoms with Crippen LogP contribution in [0.4, 0.5) is 0 Å². The lowest BCUT2D eigenvalue weighted by Crippen LogP contribution is -2.35. The van der Waals surface area contributed by atoms with Gasteiger partial charge in [-0.1, -0.05) is 18.2 Å². The highest BCUT2D eigenvalue weighted by Crippen LogP contribution is 2.32. The molecule has 2 atom stereocenters. The molecule has 2 saturated heterocycles. The van der Waals surface area contributed by atoms with E-state index in [4.69, 9.17) is 4.74 Å². The van der Waals surface area contributed by atoms with Crippen LogP contribution in [0.15, 0.2) is 30.3 Å². The number of ether oxygens (including phenoxy) is 1. The van der Waals surface area contributed by atoms with Crippen molar-refractivity contribution in [2.45, 2.75) is 18.9 Å². The van der Waals surface area contributed by atoms with Gasteiger partial charge in [0.1, 0.15) is 5.69 Å². The predicted octanol–water partition coefficient (Wildman–Crippen LogP) is 2.36. The van der Waals surface area contributed by atoms with Gasteiger partial charge in [0.15, 0.2) is 0 Å². The summed E-state index contributed by atoms with van der Waals surface area (Å²) in [7, 11) is 1.98. The minimum atomic E-state index is 0.133. The number of carbonyl (C=O) groups is 1. The van der Waals surface area contributed by atoms with Crippen LogP contribution in [0, 0.1) is 11.8 Å². The summed E-state index contributed by atoms with van der Waals surface area (Å²) in [5.41, 5.74) is 1.88. The number of aryl methyl sites for hydroxylation is 1. The second-order valence-corrected chi connectivity index (χ2v) is 8.23. The van der Waals surface area contributed by atoms with Crippen LogP contribution in [0.5, 0.6) is 0 Å². The summed E-state index contributed by atoms with van der Waals surface area (Å²) < 4.78 is 8.14. The van der Waals surface area contributed by atoms with E-state index in [1.54, 1.807) is 0 Å². The van der Waals surface area contributed by atoms with E-state index >= 15 is 0 Å². The molecule has 3 fully saturated rings. The van der Waals surface area contributed by atoms with Gasteiger partial charge in [0, 0.05) is 56.6 Å². The van der Waals surface area contributed by atoms with Crippen molar-refractivity contribution < 1.29 is 9.53 Å². The number of benzene rings is 1. The Morgan fingerprint density at radius 3 is 2.85 bits per heavy atom. The number of para-hydroxylation sites is 1. The molecule has 2 aliphatic heterocycles. The van der Waals surface area contributed by atoms with Crippen molar-refractivity contribution in [1.29, 1.82) is 0 Å². The van der Waals surface area contributed by atoms with Crippen molar-refractivity contribution >= 4 is 16.8 Å². The van der Waals surface area contributed by atoms with Gasteiger partial charge in [-0.2, -0.15) is 0 Å². The molecule has 1 aliphatic carbocycles. The maximum Gasteiger partial charge on any atom is 0.270 e. The highest BCUT2D eigenvalue weighted by molar-refractivity contribution is 5.98. The Morgan fingerprint density at radius 1 is 1.19 bits per heavy atom. The third kappa shape index (κ3) is 2.93. The summed E-state index contributed by atoms with van der Waals surface area (Å²) in [6.07, 6.45) is 2.96. The Hall–Kier alpha value is -1.85. The van der Waals surface area contributed by atoms with Crippen molar-refractivity contribution in [3.05, 3.63) is 36.0 Å². The molecule has 0 bridgehead atoms. The number of amides is 1. The molecule has 138 valence electrons. The van der Waals surface area contributed by atoms with Crippen LogP contribution in [0.25, 0.3) is 10.9 Å². The zero-order valence-electron chi connectivity index (χ0n) is 15.4. The standard InChI is InChI=1S/C21H27N3O2/c1-22-18-5-3-2-4-16(18)10-19(22)21(25)24-13-17-12-23(11-15-6-7-15)8-9-26-20(17)14-24/h2-5,10,15,17,20H,6-9,11-14H2,1H3/t17-,20+/m0/s1. The van der Waals surface area contributed by atoms with Gasteiger partial charge in [-0.15, -0.1) is 0 Å². The van der Waals surface area contributed by atoms with E-state index in [1.807, 2.05) is 34.7 Å². The topological polar surface area (TPSA) is 37.7 Å². The molecule has 0 spiro atoms. The molecule has 2 aromatic rings. The summed E-state index contributed by atoms with van der Waals surface area (Å²) in [4.78, 5) is 17.7. The first-order valence-corrected chi connectivity index (χ1v) is 9.87. The SMILES string of the molecule is Cn1c(C(=O)N2C[C@@H]3CN(CC4CC4)CCO[C@@H]3C2)cc2ccccc21. The molecule has 3 heterocycles. The molecule has 1 amide bonds. The van der Waals surface area contributed by atoms with Gasteiger partial charge in [0.25, 0.3) is 5.91 Å². The Morgan fingerprint density at radius 2 is 2.04 bits per heavy atom. The Labute approximate surface area is 154 Å². The first kappa shape index (κ1) is 16.3. The van der Waals surface area contributed by atoms with E-state index in [0.29, 0.717) is 5.92 Å². The average Bonchev–Trinajstić information content (AvgIpc) is 3.33. The molecule has 0 radical (unpaired) electrons. The summed E-state index contributed by atoms with van der Waals surface area (Å²) in [5.74, 6) is 1.48. The van der Waals surface area contributed by atoms with Crippen molar-refractivity contribution in [2.75, 3.05) is 39.3 Å². The summed E-state index contributed by atoms with van der Waals surface area (Å²) in [6.45, 7) is 5.66. The minimum Gasteiger partial charge on any atom is -0.375 e. The van der Waals surface area contributed by atoms with Crippen LogP contribution >= 0.6 is 0 Å². The largest absolute Gasteiger partial charge is 0.375 e. The smallest absolute Gasteiger partial charge is 0.270 e. The van der Waals surface area contributed by atoms with Crippen molar-refractivity contribution in [3.63, 3.8) is 0 Å². The molecule has 5 nitrogen and oxygen atoms in total. The molecule has 5 rings (SSSR count). The fraction of sp³-hybridized carbons (Fsp3) is 0.571. The molecule has 26 heavy (non-hydrogen) atoms. The Kier molecular flexibility index (Phi) is 4.02. The van der Waals surface area contributed by atoms with Gasteiger partial charge >= 0.3 is 0 Å². The lowest BCUT2D eigenvalue weighted by molar-refractivity contribution is 0.0482. The van der Waals surface area contributed by atoms with Crippen molar-refractivity contribution in [2.24, 2.45) is 18.9 Å². The average molecular weight is 353 g/mol. The van der Waals surface area contributed by atoms with Gasteiger partial charge in [0.05, 0.1) is 12.7 Å². The first-order valence-electron chi connectivity index (χ1n) is 9.87. The second-order valence-electron chi connectivity index (χ2n) is 8.23. The van der Waals surface area contributed by atoms with Crippen molar-refractivity contribution in [3.8, 4) is 0 Å². The quantitative estimate of drug-likeness (QED) is 0.850. The Bertz CT molecular complexity index is 826. The highest BCUT2D eigenvalue weighted by Gasteiger charge is 2.40. The van der Waals surface area contributed by atoms with Gasteiger partial charge < -0.3 is 19.1 Å². The minimum absolute atomic E-state index is 0.133. The number of likely N-dealkylation sites (tertiary alicyclic amines) is 1. The van der Waals surface area contributed by atoms with Crippen LogP contribution in [0.2, 0.25) is 0 Å². The molecule has 3 aliphatic rings. The predicted molar refractivity (Wildman–Crippen MR) is 101 cm³/mol. The van der Waals surface area contributed by atoms with E-state index in [9.17, 15) is 4.79 Å². The number of nitrogens with zero attached hydrogens (tertiary/aromatic N) is 3. The lowest BCUT2D eigenvalue weighted by atomic mass is 10.1. The molecule has 1 aromatic heterocycles. The number of hydrogen-bond donors (Lipinski definition) is 0. The van der Waals surface area contributed by atoms with E-state index < -0.39 is 0 Å². The number of carbonyl (C=O) groups excluding carboxylic acids is 1. The molecular weight excluding hydrogens is 326 g/mol. The van der Waals surface area contributed by atoms with Gasteiger partial charge in [0.2, 0.25) is 0 Å². The zero-order chi connectivity index (χ0) is 17.7. The van der Waals surface area contributed by atoms with E-state index in [2.05, 4.69) is 17.0 Å². The van der Waals surface area contributed by atoms with Crippen LogP contribution in [0.1, 0.15) is 23.3 Å². The maximum absolute atomic E-state index is 13.2. The second kappa shape index (κ2) is 6.39. The molecule has 0 unspecified atom stereocenters. The molecule has 5 heteroatoms. The van der Waals surface area contributed by atoms with Crippen LogP contribution in [0.3, 0.4) is 0 Å². The third-order valence-corrected chi connectivity index (χ3v) is 6.28. The molecular formula is C21H27N3O2. The normalized spacial score (nSPS) is 26.9. The lowest BCUT2D eigenvalue weighted by Gasteiger charge is -2.23. The monoisotopic (exact) mass is 353 g/mol. The highest BCUT2D eigenvalue weighted by atomic mass is 16.5. The zero-order valence-corrected chi connectivity index (χ0v) is 15.4. The Balaban J connectivity index is 1.33. The number of aromatic nitrogens is 1. The van der Waals surface area contributed by atoms with Crippen LogP contribution < -0.4 is 0 Å². The number of fused-ring (bicyclic) bond motifs is 2. The van der Waals surface area contributed by atoms with E-state index in [-0.39, 0.29) is 12.0 Å². The number of rotatable bonds is 3. The fourth-order valence-corrected chi connectivity index (χ4v) is 4.62. The number of hydrogen-bond acceptors (Lipinski definition) is 3. The maximum atomic E-state index is 13.2. The van der Waals surface area contributed by atoms with Crippen molar-refractivity contribution in [1.82, 2.24) is 14.4 Å². The molecule has 1 aromatic carbocycles. The third-order valence-electron chi connectivity index (χ3n) is 6.28. The van der Waals surface area contributed by atoms with Gasteiger partial charge in [-0.3, -0.25) is 4.79 Å². The van der Waals surface area contributed by atoms with Gasteiger partial charge in [-0.05, 0) is 30.9 Å². The fourth-order valence-electron chi connectivity index (χ4n) is 4.62. The summed E-state index contributed by atoms with van der Waals surface area (Å²) in [6, 6.07) is 10.2. The van der Waals surface area contributed by atoms with E-state index in [1.165, 1.54) is 19.4 Å². The summed E-state index contributed by atoms with van der Waals surface area (Å²) in [5, 5.41) is 1.12. The van der Waals surface area contributed by atoms with Gasteiger partial charge in [-0.25, -0.2) is 0 Å². The van der Waals surface area contributed by atoms with Crippen LogP contribution in [-0.2, 0) is 11.8 Å². The van der Waals surface area contributed by atoms with E-state index in [0.717, 1.165) is 55.3 Å².